The summed E-state index contributed by atoms with van der Waals surface area (Å²) >= 11 is 1.58. The van der Waals surface area contributed by atoms with E-state index in [4.69, 9.17) is 4.52 Å². The summed E-state index contributed by atoms with van der Waals surface area (Å²) in [5, 5.41) is 13.7. The Hall–Kier alpha value is -2.93. The predicted molar refractivity (Wildman–Crippen MR) is 105 cm³/mol. The Morgan fingerprint density at radius 3 is 2.70 bits per heavy atom. The lowest BCUT2D eigenvalue weighted by atomic mass is 10.0. The lowest BCUT2D eigenvalue weighted by molar-refractivity contribution is 0.414. The summed E-state index contributed by atoms with van der Waals surface area (Å²) in [5.41, 5.74) is 4.12. The van der Waals surface area contributed by atoms with Gasteiger partial charge in [-0.05, 0) is 29.7 Å². The van der Waals surface area contributed by atoms with Gasteiger partial charge in [0.15, 0.2) is 11.0 Å². The number of pyridine rings is 1. The molecule has 0 unspecified atom stereocenters. The van der Waals surface area contributed by atoms with Crippen LogP contribution in [0.25, 0.3) is 17.1 Å². The summed E-state index contributed by atoms with van der Waals surface area (Å²) in [6.45, 7) is 4.38. The van der Waals surface area contributed by atoms with Crippen LogP contribution in [0.5, 0.6) is 0 Å². The average Bonchev–Trinajstić information content (AvgIpc) is 3.36. The fraction of sp³-hybridized carbons (Fsp3) is 0.200. The van der Waals surface area contributed by atoms with Gasteiger partial charge in [0.2, 0.25) is 0 Å². The van der Waals surface area contributed by atoms with Gasteiger partial charge in [-0.3, -0.25) is 9.55 Å². The van der Waals surface area contributed by atoms with E-state index in [1.54, 1.807) is 24.2 Å². The molecule has 0 spiro atoms. The van der Waals surface area contributed by atoms with Crippen molar-refractivity contribution in [3.8, 4) is 17.1 Å². The molecular formula is C20H19N5OS. The molecule has 3 heterocycles. The number of nitrogens with zero attached hydrogens (tertiary/aromatic N) is 5. The van der Waals surface area contributed by atoms with Gasteiger partial charge in [-0.15, -0.1) is 10.2 Å². The summed E-state index contributed by atoms with van der Waals surface area (Å²) < 4.78 is 7.04. The molecule has 3 aromatic heterocycles. The Balaban J connectivity index is 1.82. The van der Waals surface area contributed by atoms with Gasteiger partial charge in [0.1, 0.15) is 6.26 Å². The normalized spacial score (nSPS) is 11.2. The van der Waals surface area contributed by atoms with Gasteiger partial charge in [0, 0.05) is 29.8 Å². The van der Waals surface area contributed by atoms with Crippen molar-refractivity contribution in [1.82, 2.24) is 24.9 Å². The highest BCUT2D eigenvalue weighted by molar-refractivity contribution is 7.98. The van der Waals surface area contributed by atoms with Crippen LogP contribution in [-0.4, -0.2) is 24.9 Å². The van der Waals surface area contributed by atoms with Gasteiger partial charge in [0.05, 0.1) is 11.4 Å². The van der Waals surface area contributed by atoms with E-state index in [9.17, 15) is 0 Å². The van der Waals surface area contributed by atoms with Crippen molar-refractivity contribution in [1.29, 1.82) is 0 Å². The molecule has 4 rings (SSSR count). The molecule has 0 saturated carbocycles. The van der Waals surface area contributed by atoms with E-state index >= 15 is 0 Å². The van der Waals surface area contributed by atoms with E-state index in [2.05, 4.69) is 57.0 Å². The fourth-order valence-electron chi connectivity index (χ4n) is 2.89. The van der Waals surface area contributed by atoms with Crippen LogP contribution in [0.1, 0.15) is 31.0 Å². The second kappa shape index (κ2) is 7.75. The minimum Gasteiger partial charge on any atom is -0.364 e. The summed E-state index contributed by atoms with van der Waals surface area (Å²) in [4.78, 5) is 4.24. The van der Waals surface area contributed by atoms with E-state index in [0.717, 1.165) is 27.9 Å². The first kappa shape index (κ1) is 17.5. The number of hydrogen-bond acceptors (Lipinski definition) is 6. The number of benzene rings is 1. The van der Waals surface area contributed by atoms with Crippen molar-refractivity contribution in [2.45, 2.75) is 30.7 Å². The highest BCUT2D eigenvalue weighted by Gasteiger charge is 2.19. The molecular weight excluding hydrogens is 358 g/mol. The molecule has 0 aliphatic carbocycles. The van der Waals surface area contributed by atoms with Crippen molar-refractivity contribution in [2.75, 3.05) is 0 Å². The molecule has 0 aliphatic rings. The minimum absolute atomic E-state index is 0.374. The number of para-hydroxylation sites is 1. The van der Waals surface area contributed by atoms with Gasteiger partial charge in [-0.25, -0.2) is 0 Å². The molecule has 0 fully saturated rings. The zero-order valence-electron chi connectivity index (χ0n) is 15.1. The summed E-state index contributed by atoms with van der Waals surface area (Å²) in [5.74, 6) is 1.81. The second-order valence-electron chi connectivity index (χ2n) is 6.38. The monoisotopic (exact) mass is 377 g/mol. The van der Waals surface area contributed by atoms with Crippen LogP contribution in [0.15, 0.2) is 70.8 Å². The van der Waals surface area contributed by atoms with Crippen LogP contribution in [-0.2, 0) is 5.75 Å². The third kappa shape index (κ3) is 3.64. The standard InChI is InChI=1S/C20H19N5OS/c1-14(2)17-7-3-4-8-18(17)25-19(15-6-5-10-21-12-15)22-23-20(25)27-13-16-9-11-26-24-16/h3-12,14H,13H2,1-2H3. The van der Waals surface area contributed by atoms with E-state index in [1.807, 2.05) is 30.5 Å². The molecule has 136 valence electrons. The van der Waals surface area contributed by atoms with Gasteiger partial charge in [-0.2, -0.15) is 0 Å². The Kier molecular flexibility index (Phi) is 5.02. The number of aromatic nitrogens is 5. The van der Waals surface area contributed by atoms with Gasteiger partial charge < -0.3 is 4.52 Å². The molecule has 7 heteroatoms. The predicted octanol–water partition coefficient (Wildman–Crippen LogP) is 4.73. The highest BCUT2D eigenvalue weighted by atomic mass is 32.2. The molecule has 0 saturated heterocycles. The molecule has 6 nitrogen and oxygen atoms in total. The van der Waals surface area contributed by atoms with Gasteiger partial charge in [-0.1, -0.05) is 49.0 Å². The molecule has 0 radical (unpaired) electrons. The van der Waals surface area contributed by atoms with E-state index in [0.29, 0.717) is 11.7 Å². The van der Waals surface area contributed by atoms with Crippen molar-refractivity contribution in [2.24, 2.45) is 0 Å². The average molecular weight is 377 g/mol. The molecule has 0 amide bonds. The third-order valence-electron chi connectivity index (χ3n) is 4.19. The lowest BCUT2D eigenvalue weighted by Crippen LogP contribution is -2.05. The first-order valence-corrected chi connectivity index (χ1v) is 9.70. The van der Waals surface area contributed by atoms with Gasteiger partial charge >= 0.3 is 0 Å². The molecule has 0 atom stereocenters. The van der Waals surface area contributed by atoms with Crippen LogP contribution in [0.4, 0.5) is 0 Å². The van der Waals surface area contributed by atoms with Crippen molar-refractivity contribution in [3.63, 3.8) is 0 Å². The molecule has 0 bridgehead atoms. The lowest BCUT2D eigenvalue weighted by Gasteiger charge is -2.16. The zero-order chi connectivity index (χ0) is 18.6. The quantitative estimate of drug-likeness (QED) is 0.452. The summed E-state index contributed by atoms with van der Waals surface area (Å²) in [7, 11) is 0. The van der Waals surface area contributed by atoms with Crippen LogP contribution < -0.4 is 0 Å². The fourth-order valence-corrected chi connectivity index (χ4v) is 3.73. The van der Waals surface area contributed by atoms with Crippen LogP contribution in [0.3, 0.4) is 0 Å². The van der Waals surface area contributed by atoms with Crippen molar-refractivity contribution < 1.29 is 4.52 Å². The summed E-state index contributed by atoms with van der Waals surface area (Å²) in [6, 6.07) is 14.1. The topological polar surface area (TPSA) is 69.6 Å². The number of hydrogen-bond donors (Lipinski definition) is 0. The molecule has 1 aromatic carbocycles. The highest BCUT2D eigenvalue weighted by Crippen LogP contribution is 2.32. The Labute approximate surface area is 161 Å². The Morgan fingerprint density at radius 1 is 1.07 bits per heavy atom. The third-order valence-corrected chi connectivity index (χ3v) is 5.16. The Bertz CT molecular complexity index is 1010. The maximum absolute atomic E-state index is 4.93. The van der Waals surface area contributed by atoms with E-state index in [1.165, 1.54) is 5.56 Å². The molecule has 27 heavy (non-hydrogen) atoms. The van der Waals surface area contributed by atoms with Gasteiger partial charge in [0.25, 0.3) is 0 Å². The maximum Gasteiger partial charge on any atom is 0.196 e. The van der Waals surface area contributed by atoms with Crippen LogP contribution in [0.2, 0.25) is 0 Å². The number of thioether (sulfide) groups is 1. The first-order valence-electron chi connectivity index (χ1n) is 8.71. The Morgan fingerprint density at radius 2 is 1.96 bits per heavy atom. The van der Waals surface area contributed by atoms with E-state index < -0.39 is 0 Å². The van der Waals surface area contributed by atoms with Crippen molar-refractivity contribution in [3.05, 3.63) is 72.4 Å². The molecule has 0 N–H and O–H groups in total. The maximum atomic E-state index is 4.93. The first-order chi connectivity index (χ1) is 13.2. The molecule has 4 aromatic rings. The van der Waals surface area contributed by atoms with Crippen LogP contribution >= 0.6 is 11.8 Å². The SMILES string of the molecule is CC(C)c1ccccc1-n1c(SCc2ccon2)nnc1-c1cccnc1. The largest absolute Gasteiger partial charge is 0.364 e. The minimum atomic E-state index is 0.374. The molecule has 0 aliphatic heterocycles. The second-order valence-corrected chi connectivity index (χ2v) is 7.32. The summed E-state index contributed by atoms with van der Waals surface area (Å²) in [6.07, 6.45) is 5.15. The smallest absolute Gasteiger partial charge is 0.196 e. The zero-order valence-corrected chi connectivity index (χ0v) is 15.9. The van der Waals surface area contributed by atoms with Crippen LogP contribution in [0, 0.1) is 0 Å². The van der Waals surface area contributed by atoms with Crippen molar-refractivity contribution >= 4 is 11.8 Å². The van der Waals surface area contributed by atoms with E-state index in [-0.39, 0.29) is 0 Å². The number of rotatable bonds is 6.